The van der Waals surface area contributed by atoms with E-state index in [4.69, 9.17) is 0 Å². The fraction of sp³-hybridized carbons (Fsp3) is 0.0588. The Morgan fingerprint density at radius 2 is 1.81 bits per heavy atom. The second kappa shape index (κ2) is 7.93. The number of hydrogen-bond donors (Lipinski definition) is 2. The monoisotopic (exact) mass is 488 g/mol. The minimum Gasteiger partial charge on any atom is -0.506 e. The highest BCUT2D eigenvalue weighted by atomic mass is 79.9. The molecule has 0 bridgehead atoms. The van der Waals surface area contributed by atoms with Crippen LogP contribution in [0.5, 0.6) is 5.75 Å². The van der Waals surface area contributed by atoms with Crippen molar-refractivity contribution in [1.82, 2.24) is 0 Å². The molecule has 0 fully saturated rings. The van der Waals surface area contributed by atoms with Crippen molar-refractivity contribution in [3.63, 3.8) is 0 Å². The Labute approximate surface area is 163 Å². The molecule has 26 heavy (non-hydrogen) atoms. The van der Waals surface area contributed by atoms with Crippen molar-refractivity contribution in [3.8, 4) is 11.8 Å². The number of amides is 1. The van der Waals surface area contributed by atoms with Crippen LogP contribution in [0.3, 0.4) is 0 Å². The molecule has 0 aliphatic heterocycles. The lowest BCUT2D eigenvalue weighted by molar-refractivity contribution is -0.137. The van der Waals surface area contributed by atoms with Crippen LogP contribution in [0.1, 0.15) is 11.1 Å². The fourth-order valence-electron chi connectivity index (χ4n) is 1.96. The molecule has 134 valence electrons. The quantitative estimate of drug-likeness (QED) is 0.442. The summed E-state index contributed by atoms with van der Waals surface area (Å²) in [6.45, 7) is 0. The van der Waals surface area contributed by atoms with Gasteiger partial charge in [-0.05, 0) is 73.8 Å². The van der Waals surface area contributed by atoms with Gasteiger partial charge in [0, 0.05) is 5.69 Å². The molecular weight excluding hydrogens is 481 g/mol. The lowest BCUT2D eigenvalue weighted by Crippen LogP contribution is -2.14. The summed E-state index contributed by atoms with van der Waals surface area (Å²) in [7, 11) is 0. The highest BCUT2D eigenvalue weighted by Gasteiger charge is 2.30. The van der Waals surface area contributed by atoms with Gasteiger partial charge in [0.15, 0.2) is 0 Å². The predicted molar refractivity (Wildman–Crippen MR) is 97.2 cm³/mol. The molecule has 1 amide bonds. The van der Waals surface area contributed by atoms with Crippen molar-refractivity contribution in [2.75, 3.05) is 5.32 Å². The second-order valence-corrected chi connectivity index (χ2v) is 6.74. The van der Waals surface area contributed by atoms with Crippen molar-refractivity contribution < 1.29 is 23.1 Å². The SMILES string of the molecule is N#CC(=Cc1cc(Br)c(O)c(Br)c1)C(=O)Nc1cccc(C(F)(F)F)c1. The van der Waals surface area contributed by atoms with Crippen LogP contribution in [0.15, 0.2) is 50.9 Å². The first kappa shape index (κ1) is 20.0. The number of anilines is 1. The van der Waals surface area contributed by atoms with Crippen LogP contribution in [0.2, 0.25) is 0 Å². The highest BCUT2D eigenvalue weighted by Crippen LogP contribution is 2.34. The first-order valence-electron chi connectivity index (χ1n) is 6.90. The number of aromatic hydroxyl groups is 1. The highest BCUT2D eigenvalue weighted by molar-refractivity contribution is 9.11. The van der Waals surface area contributed by atoms with Crippen LogP contribution < -0.4 is 5.32 Å². The second-order valence-electron chi connectivity index (χ2n) is 5.04. The first-order valence-corrected chi connectivity index (χ1v) is 8.49. The molecule has 2 aromatic carbocycles. The zero-order valence-electron chi connectivity index (χ0n) is 12.7. The van der Waals surface area contributed by atoms with E-state index in [2.05, 4.69) is 37.2 Å². The van der Waals surface area contributed by atoms with Crippen LogP contribution in [-0.4, -0.2) is 11.0 Å². The molecule has 0 radical (unpaired) electrons. The first-order chi connectivity index (χ1) is 12.1. The third-order valence-electron chi connectivity index (χ3n) is 3.16. The summed E-state index contributed by atoms with van der Waals surface area (Å²) >= 11 is 6.25. The largest absolute Gasteiger partial charge is 0.506 e. The van der Waals surface area contributed by atoms with Crippen molar-refractivity contribution in [3.05, 3.63) is 62.0 Å². The summed E-state index contributed by atoms with van der Waals surface area (Å²) in [6.07, 6.45) is -3.29. The maximum atomic E-state index is 12.7. The minimum absolute atomic E-state index is 0.0472. The van der Waals surface area contributed by atoms with Gasteiger partial charge in [0.05, 0.1) is 14.5 Å². The molecule has 0 atom stereocenters. The Kier molecular flexibility index (Phi) is 6.10. The average Bonchev–Trinajstić information content (AvgIpc) is 2.56. The van der Waals surface area contributed by atoms with Crippen molar-refractivity contribution in [2.24, 2.45) is 0 Å². The Bertz CT molecular complexity index is 911. The number of phenolic OH excluding ortho intramolecular Hbond substituents is 1. The normalized spacial score (nSPS) is 11.8. The van der Waals surface area contributed by atoms with Gasteiger partial charge >= 0.3 is 6.18 Å². The summed E-state index contributed by atoms with van der Waals surface area (Å²) in [5.41, 5.74) is -0.882. The number of halogens is 5. The maximum Gasteiger partial charge on any atom is 0.416 e. The van der Waals surface area contributed by atoms with Gasteiger partial charge in [0.2, 0.25) is 0 Å². The van der Waals surface area contributed by atoms with E-state index in [0.717, 1.165) is 18.2 Å². The van der Waals surface area contributed by atoms with Gasteiger partial charge in [-0.3, -0.25) is 4.79 Å². The van der Waals surface area contributed by atoms with Gasteiger partial charge in [-0.15, -0.1) is 0 Å². The van der Waals surface area contributed by atoms with Crippen molar-refractivity contribution >= 4 is 49.5 Å². The molecule has 0 saturated heterocycles. The number of nitrogens with zero attached hydrogens (tertiary/aromatic N) is 1. The van der Waals surface area contributed by atoms with Gasteiger partial charge in [-0.1, -0.05) is 6.07 Å². The summed E-state index contributed by atoms with van der Waals surface area (Å²) < 4.78 is 38.8. The minimum atomic E-state index is -4.54. The standard InChI is InChI=1S/C17H9Br2F3N2O2/c18-13-5-9(6-14(19)15(13)25)4-10(8-23)16(26)24-12-3-1-2-11(7-12)17(20,21)22/h1-7,25H,(H,24,26). The lowest BCUT2D eigenvalue weighted by atomic mass is 10.1. The Morgan fingerprint density at radius 3 is 2.35 bits per heavy atom. The van der Waals surface area contributed by atoms with Gasteiger partial charge in [-0.2, -0.15) is 18.4 Å². The number of nitriles is 1. The maximum absolute atomic E-state index is 12.7. The molecule has 0 aromatic heterocycles. The zero-order valence-corrected chi connectivity index (χ0v) is 15.9. The van der Waals surface area contributed by atoms with Gasteiger partial charge < -0.3 is 10.4 Å². The van der Waals surface area contributed by atoms with E-state index in [1.165, 1.54) is 24.3 Å². The number of nitrogens with one attached hydrogen (secondary N) is 1. The third-order valence-corrected chi connectivity index (χ3v) is 4.37. The fourth-order valence-corrected chi connectivity index (χ4v) is 3.18. The molecule has 0 aliphatic carbocycles. The van der Waals surface area contributed by atoms with Gasteiger partial charge in [0.1, 0.15) is 17.4 Å². The van der Waals surface area contributed by atoms with Gasteiger partial charge in [0.25, 0.3) is 5.91 Å². The number of hydrogen-bond acceptors (Lipinski definition) is 3. The van der Waals surface area contributed by atoms with Crippen molar-refractivity contribution in [2.45, 2.75) is 6.18 Å². The Morgan fingerprint density at radius 1 is 1.19 bits per heavy atom. The average molecular weight is 490 g/mol. The van der Waals surface area contributed by atoms with E-state index in [-0.39, 0.29) is 17.0 Å². The van der Waals surface area contributed by atoms with E-state index < -0.39 is 17.6 Å². The number of carbonyl (C=O) groups is 1. The molecule has 0 heterocycles. The Hall–Kier alpha value is -2.31. The smallest absolute Gasteiger partial charge is 0.416 e. The van der Waals surface area contributed by atoms with Gasteiger partial charge in [-0.25, -0.2) is 0 Å². The summed E-state index contributed by atoms with van der Waals surface area (Å²) in [6, 6.07) is 8.76. The van der Waals surface area contributed by atoms with Crippen LogP contribution in [0, 0.1) is 11.3 Å². The van der Waals surface area contributed by atoms with E-state index in [0.29, 0.717) is 14.5 Å². The lowest BCUT2D eigenvalue weighted by Gasteiger charge is -2.09. The van der Waals surface area contributed by atoms with E-state index in [9.17, 15) is 28.3 Å². The Balaban J connectivity index is 2.29. The molecule has 9 heteroatoms. The summed E-state index contributed by atoms with van der Waals surface area (Å²) in [5.74, 6) is -0.902. The molecular formula is C17H9Br2F3N2O2. The topological polar surface area (TPSA) is 73.1 Å². The molecule has 2 N–H and O–H groups in total. The molecule has 0 spiro atoms. The van der Waals surface area contributed by atoms with Crippen LogP contribution in [-0.2, 0) is 11.0 Å². The number of alkyl halides is 3. The molecule has 4 nitrogen and oxygen atoms in total. The van der Waals surface area contributed by atoms with Crippen molar-refractivity contribution in [1.29, 1.82) is 5.26 Å². The number of carbonyl (C=O) groups excluding carboxylic acids is 1. The number of phenols is 1. The molecule has 2 rings (SSSR count). The third kappa shape index (κ3) is 4.86. The molecule has 0 aliphatic rings. The molecule has 0 unspecified atom stereocenters. The molecule has 2 aromatic rings. The number of rotatable bonds is 3. The summed E-state index contributed by atoms with van der Waals surface area (Å²) in [5, 5.41) is 21.1. The number of benzene rings is 2. The molecule has 0 saturated carbocycles. The predicted octanol–water partition coefficient (Wildman–Crippen LogP) is 5.48. The summed E-state index contributed by atoms with van der Waals surface area (Å²) in [4.78, 5) is 12.2. The zero-order chi connectivity index (χ0) is 19.5. The van der Waals surface area contributed by atoms with Crippen LogP contribution in [0.25, 0.3) is 6.08 Å². The van der Waals surface area contributed by atoms with E-state index in [1.807, 2.05) is 0 Å². The van der Waals surface area contributed by atoms with Crippen LogP contribution >= 0.6 is 31.9 Å². The van der Waals surface area contributed by atoms with Crippen LogP contribution in [0.4, 0.5) is 18.9 Å². The van der Waals surface area contributed by atoms with E-state index in [1.54, 1.807) is 6.07 Å². The van der Waals surface area contributed by atoms with E-state index >= 15 is 0 Å².